The van der Waals surface area contributed by atoms with Crippen LogP contribution in [0.15, 0.2) is 67.0 Å². The molecule has 1 heterocycles. The van der Waals surface area contributed by atoms with Gasteiger partial charge >= 0.3 is 0 Å². The molecule has 0 aliphatic rings. The molecule has 0 aliphatic carbocycles. The molecule has 0 atom stereocenters. The third-order valence-corrected chi connectivity index (χ3v) is 3.95. The predicted octanol–water partition coefficient (Wildman–Crippen LogP) is 4.42. The minimum Gasteiger partial charge on any atom is -0.352 e. The smallest absolute Gasteiger partial charge is 0.251 e. The van der Waals surface area contributed by atoms with Gasteiger partial charge in [-0.25, -0.2) is 9.97 Å². The first-order valence-electron chi connectivity index (χ1n) is 8.79. The van der Waals surface area contributed by atoms with Crippen LogP contribution in [0.4, 0.5) is 11.5 Å². The monoisotopic (exact) mass is 346 g/mol. The van der Waals surface area contributed by atoms with E-state index in [1.807, 2.05) is 60.7 Å². The fraction of sp³-hybridized carbons (Fsp3) is 0.190. The lowest BCUT2D eigenvalue weighted by atomic mass is 10.1. The number of carbonyl (C=O) groups excluding carboxylic acids is 1. The number of nitrogens with zero attached hydrogens (tertiary/aromatic N) is 2. The highest BCUT2D eigenvalue weighted by molar-refractivity contribution is 5.95. The van der Waals surface area contributed by atoms with Crippen LogP contribution >= 0.6 is 0 Å². The minimum absolute atomic E-state index is 0.0604. The Morgan fingerprint density at radius 2 is 1.85 bits per heavy atom. The summed E-state index contributed by atoms with van der Waals surface area (Å²) >= 11 is 0. The second kappa shape index (κ2) is 8.76. The fourth-order valence-electron chi connectivity index (χ4n) is 2.56. The number of nitrogens with one attached hydrogen (secondary N) is 2. The maximum absolute atomic E-state index is 12.2. The number of benzene rings is 2. The highest BCUT2D eigenvalue weighted by Gasteiger charge is 2.07. The summed E-state index contributed by atoms with van der Waals surface area (Å²) in [5.74, 6) is 0.622. The number of hydrogen-bond acceptors (Lipinski definition) is 4. The highest BCUT2D eigenvalue weighted by atomic mass is 16.1. The molecule has 5 nitrogen and oxygen atoms in total. The Kier molecular flexibility index (Phi) is 5.93. The number of carbonyl (C=O) groups is 1. The van der Waals surface area contributed by atoms with E-state index < -0.39 is 0 Å². The molecule has 5 heteroatoms. The van der Waals surface area contributed by atoms with E-state index in [-0.39, 0.29) is 5.91 Å². The molecule has 0 fully saturated rings. The lowest BCUT2D eigenvalue weighted by Crippen LogP contribution is -2.24. The average Bonchev–Trinajstić information content (AvgIpc) is 2.69. The lowest BCUT2D eigenvalue weighted by molar-refractivity contribution is 0.0953. The van der Waals surface area contributed by atoms with Gasteiger partial charge in [0.2, 0.25) is 0 Å². The summed E-state index contributed by atoms with van der Waals surface area (Å²) in [4.78, 5) is 20.8. The van der Waals surface area contributed by atoms with Crippen LogP contribution in [0.3, 0.4) is 0 Å². The molecule has 0 bridgehead atoms. The van der Waals surface area contributed by atoms with Gasteiger partial charge in [-0.3, -0.25) is 4.79 Å². The van der Waals surface area contributed by atoms with E-state index in [9.17, 15) is 4.79 Å². The van der Waals surface area contributed by atoms with Crippen molar-refractivity contribution < 1.29 is 4.79 Å². The molecule has 0 saturated carbocycles. The van der Waals surface area contributed by atoms with Crippen molar-refractivity contribution in [3.63, 3.8) is 0 Å². The molecular weight excluding hydrogens is 324 g/mol. The number of amides is 1. The summed E-state index contributed by atoms with van der Waals surface area (Å²) in [6.45, 7) is 2.79. The molecular formula is C21H22N4O. The number of anilines is 2. The summed E-state index contributed by atoms with van der Waals surface area (Å²) in [5, 5.41) is 6.17. The van der Waals surface area contributed by atoms with Crippen LogP contribution in [0, 0.1) is 0 Å². The van der Waals surface area contributed by atoms with Crippen LogP contribution in [-0.2, 0) is 0 Å². The molecule has 2 N–H and O–H groups in total. The van der Waals surface area contributed by atoms with Crippen molar-refractivity contribution in [2.24, 2.45) is 0 Å². The van der Waals surface area contributed by atoms with Gasteiger partial charge in [0.25, 0.3) is 5.91 Å². The van der Waals surface area contributed by atoms with Crippen LogP contribution < -0.4 is 10.6 Å². The van der Waals surface area contributed by atoms with Gasteiger partial charge in [0, 0.05) is 29.4 Å². The molecule has 1 amide bonds. The topological polar surface area (TPSA) is 66.9 Å². The zero-order chi connectivity index (χ0) is 18.2. The molecule has 1 aromatic heterocycles. The summed E-state index contributed by atoms with van der Waals surface area (Å²) in [7, 11) is 0. The number of rotatable bonds is 7. The van der Waals surface area contributed by atoms with Crippen LogP contribution in [0.5, 0.6) is 0 Å². The van der Waals surface area contributed by atoms with Gasteiger partial charge in [-0.1, -0.05) is 49.7 Å². The summed E-state index contributed by atoms with van der Waals surface area (Å²) in [6, 6.07) is 19.2. The number of hydrogen-bond donors (Lipinski definition) is 2. The van der Waals surface area contributed by atoms with E-state index in [1.165, 1.54) is 6.33 Å². The van der Waals surface area contributed by atoms with E-state index in [4.69, 9.17) is 0 Å². The van der Waals surface area contributed by atoms with Gasteiger partial charge in [0.1, 0.15) is 12.1 Å². The second-order valence-electron chi connectivity index (χ2n) is 5.97. The standard InChI is InChI=1S/C21H22N4O/c1-2-3-12-22-21(26)17-10-7-11-18(13-17)25-20-14-19(23-15-24-20)16-8-5-4-6-9-16/h4-11,13-15H,2-3,12H2,1H3,(H,22,26)(H,23,24,25). The first-order chi connectivity index (χ1) is 12.8. The van der Waals surface area contributed by atoms with Crippen LogP contribution in [0.1, 0.15) is 30.1 Å². The molecule has 3 aromatic rings. The van der Waals surface area contributed by atoms with Crippen molar-refractivity contribution in [1.29, 1.82) is 0 Å². The third kappa shape index (κ3) is 4.66. The second-order valence-corrected chi connectivity index (χ2v) is 5.97. The first-order valence-corrected chi connectivity index (χ1v) is 8.79. The summed E-state index contributed by atoms with van der Waals surface area (Å²) < 4.78 is 0. The molecule has 0 spiro atoms. The molecule has 0 saturated heterocycles. The van der Waals surface area contributed by atoms with Crippen LogP contribution in [-0.4, -0.2) is 22.4 Å². The highest BCUT2D eigenvalue weighted by Crippen LogP contribution is 2.21. The zero-order valence-corrected chi connectivity index (χ0v) is 14.8. The van der Waals surface area contributed by atoms with Gasteiger partial charge in [0.05, 0.1) is 5.69 Å². The SMILES string of the molecule is CCCCNC(=O)c1cccc(Nc2cc(-c3ccccc3)ncn2)c1. The number of unbranched alkanes of at least 4 members (excludes halogenated alkanes) is 1. The van der Waals surface area contributed by atoms with Crippen LogP contribution in [0.25, 0.3) is 11.3 Å². The molecule has 0 aliphatic heterocycles. The Labute approximate surface area is 153 Å². The number of aromatic nitrogens is 2. The Morgan fingerprint density at radius 3 is 2.65 bits per heavy atom. The Morgan fingerprint density at radius 1 is 1.00 bits per heavy atom. The summed E-state index contributed by atoms with van der Waals surface area (Å²) in [6.07, 6.45) is 3.57. The molecule has 26 heavy (non-hydrogen) atoms. The molecule has 3 rings (SSSR count). The molecule has 0 unspecified atom stereocenters. The van der Waals surface area contributed by atoms with E-state index in [1.54, 1.807) is 0 Å². The Hall–Kier alpha value is -3.21. The van der Waals surface area contributed by atoms with Gasteiger partial charge in [0.15, 0.2) is 0 Å². The Bertz CT molecular complexity index is 865. The van der Waals surface area contributed by atoms with Gasteiger partial charge < -0.3 is 10.6 Å². The molecule has 0 radical (unpaired) electrons. The largest absolute Gasteiger partial charge is 0.352 e. The average molecular weight is 346 g/mol. The van der Waals surface area contributed by atoms with Crippen molar-refractivity contribution in [3.05, 3.63) is 72.6 Å². The lowest BCUT2D eigenvalue weighted by Gasteiger charge is -2.09. The van der Waals surface area contributed by atoms with E-state index in [0.29, 0.717) is 17.9 Å². The normalized spacial score (nSPS) is 10.3. The maximum Gasteiger partial charge on any atom is 0.251 e. The van der Waals surface area contributed by atoms with Crippen molar-refractivity contribution in [3.8, 4) is 11.3 Å². The van der Waals surface area contributed by atoms with Crippen molar-refractivity contribution in [2.45, 2.75) is 19.8 Å². The van der Waals surface area contributed by atoms with Crippen molar-refractivity contribution >= 4 is 17.4 Å². The zero-order valence-electron chi connectivity index (χ0n) is 14.8. The first kappa shape index (κ1) is 17.6. The Balaban J connectivity index is 1.73. The van der Waals surface area contributed by atoms with Gasteiger partial charge in [-0.15, -0.1) is 0 Å². The minimum atomic E-state index is -0.0604. The van der Waals surface area contributed by atoms with Gasteiger partial charge in [-0.2, -0.15) is 0 Å². The van der Waals surface area contributed by atoms with E-state index in [2.05, 4.69) is 27.5 Å². The van der Waals surface area contributed by atoms with Gasteiger partial charge in [-0.05, 0) is 24.6 Å². The van der Waals surface area contributed by atoms with E-state index in [0.717, 1.165) is 29.8 Å². The predicted molar refractivity (Wildman–Crippen MR) is 104 cm³/mol. The summed E-state index contributed by atoms with van der Waals surface area (Å²) in [5.41, 5.74) is 3.31. The maximum atomic E-state index is 12.2. The third-order valence-electron chi connectivity index (χ3n) is 3.95. The fourth-order valence-corrected chi connectivity index (χ4v) is 2.56. The molecule has 132 valence electrons. The van der Waals surface area contributed by atoms with Crippen molar-refractivity contribution in [1.82, 2.24) is 15.3 Å². The van der Waals surface area contributed by atoms with Crippen LogP contribution in [0.2, 0.25) is 0 Å². The quantitative estimate of drug-likeness (QED) is 0.622. The van der Waals surface area contributed by atoms with Crippen molar-refractivity contribution in [2.75, 3.05) is 11.9 Å². The van der Waals surface area contributed by atoms with E-state index >= 15 is 0 Å². The molecule has 2 aromatic carbocycles.